The van der Waals surface area contributed by atoms with E-state index in [1.54, 1.807) is 12.4 Å². The zero-order valence-corrected chi connectivity index (χ0v) is 12.9. The molecule has 0 bridgehead atoms. The SMILES string of the molecule is CCCCCCCCc1ccc(-c2cnc(N)cn2)cc1. The predicted molar refractivity (Wildman–Crippen MR) is 89.0 cm³/mol. The molecular weight excluding hydrogens is 258 g/mol. The number of hydrogen-bond donors (Lipinski definition) is 1. The molecule has 0 unspecified atom stereocenters. The van der Waals surface area contributed by atoms with E-state index in [2.05, 4.69) is 41.2 Å². The summed E-state index contributed by atoms with van der Waals surface area (Å²) >= 11 is 0. The summed E-state index contributed by atoms with van der Waals surface area (Å²) in [5, 5.41) is 0. The van der Waals surface area contributed by atoms with Crippen molar-refractivity contribution in [2.24, 2.45) is 0 Å². The van der Waals surface area contributed by atoms with Gasteiger partial charge < -0.3 is 5.73 Å². The molecule has 0 aliphatic heterocycles. The third-order valence-corrected chi connectivity index (χ3v) is 3.74. The first kappa shape index (κ1) is 15.5. The minimum absolute atomic E-state index is 0.457. The fourth-order valence-corrected chi connectivity index (χ4v) is 2.44. The van der Waals surface area contributed by atoms with Crippen LogP contribution in [0.5, 0.6) is 0 Å². The Labute approximate surface area is 127 Å². The summed E-state index contributed by atoms with van der Waals surface area (Å²) in [5.74, 6) is 0.457. The van der Waals surface area contributed by atoms with Gasteiger partial charge in [-0.3, -0.25) is 4.98 Å². The lowest BCUT2D eigenvalue weighted by Crippen LogP contribution is -1.93. The highest BCUT2D eigenvalue weighted by Crippen LogP contribution is 2.18. The molecule has 21 heavy (non-hydrogen) atoms. The van der Waals surface area contributed by atoms with Gasteiger partial charge >= 0.3 is 0 Å². The number of unbranched alkanes of at least 4 members (excludes halogenated alkanes) is 5. The molecule has 2 N–H and O–H groups in total. The van der Waals surface area contributed by atoms with Gasteiger partial charge in [0.1, 0.15) is 5.82 Å². The standard InChI is InChI=1S/C18H25N3/c1-2-3-4-5-6-7-8-15-9-11-16(12-10-15)17-13-21-18(19)14-20-17/h9-14H,2-8H2,1H3,(H2,19,21). The van der Waals surface area contributed by atoms with Crippen LogP contribution in [0.1, 0.15) is 51.0 Å². The lowest BCUT2D eigenvalue weighted by Gasteiger charge is -2.04. The number of aromatic nitrogens is 2. The maximum absolute atomic E-state index is 5.55. The van der Waals surface area contributed by atoms with Crippen molar-refractivity contribution in [2.45, 2.75) is 51.9 Å². The third kappa shape index (κ3) is 5.18. The van der Waals surface area contributed by atoms with Crippen molar-refractivity contribution in [3.8, 4) is 11.3 Å². The molecule has 3 nitrogen and oxygen atoms in total. The quantitative estimate of drug-likeness (QED) is 0.719. The Morgan fingerprint density at radius 2 is 1.57 bits per heavy atom. The molecule has 0 aliphatic rings. The highest BCUT2D eigenvalue weighted by molar-refractivity contribution is 5.58. The number of rotatable bonds is 8. The Morgan fingerprint density at radius 3 is 2.24 bits per heavy atom. The smallest absolute Gasteiger partial charge is 0.141 e. The van der Waals surface area contributed by atoms with Crippen molar-refractivity contribution in [2.75, 3.05) is 5.73 Å². The molecule has 0 aliphatic carbocycles. The lowest BCUT2D eigenvalue weighted by atomic mass is 10.0. The fourth-order valence-electron chi connectivity index (χ4n) is 2.44. The van der Waals surface area contributed by atoms with Gasteiger partial charge in [0.15, 0.2) is 0 Å². The van der Waals surface area contributed by atoms with E-state index in [1.165, 1.54) is 50.5 Å². The summed E-state index contributed by atoms with van der Waals surface area (Å²) in [6, 6.07) is 8.62. The highest BCUT2D eigenvalue weighted by Gasteiger charge is 2.00. The molecule has 0 fully saturated rings. The molecular formula is C18H25N3. The van der Waals surface area contributed by atoms with Crippen LogP contribution in [-0.2, 0) is 6.42 Å². The molecule has 1 aromatic carbocycles. The summed E-state index contributed by atoms with van der Waals surface area (Å²) in [6.07, 6.45) is 12.5. The molecule has 1 heterocycles. The number of aryl methyl sites for hydroxylation is 1. The Hall–Kier alpha value is -1.90. The van der Waals surface area contributed by atoms with E-state index in [-0.39, 0.29) is 0 Å². The average molecular weight is 283 g/mol. The minimum Gasteiger partial charge on any atom is -0.382 e. The van der Waals surface area contributed by atoms with E-state index in [4.69, 9.17) is 5.73 Å². The minimum atomic E-state index is 0.457. The van der Waals surface area contributed by atoms with Crippen LogP contribution in [0.25, 0.3) is 11.3 Å². The Balaban J connectivity index is 1.80. The number of nitrogens with two attached hydrogens (primary N) is 1. The summed E-state index contributed by atoms with van der Waals surface area (Å²) in [4.78, 5) is 8.37. The largest absolute Gasteiger partial charge is 0.382 e. The Morgan fingerprint density at radius 1 is 0.857 bits per heavy atom. The number of nitrogens with zero attached hydrogens (tertiary/aromatic N) is 2. The van der Waals surface area contributed by atoms with E-state index in [9.17, 15) is 0 Å². The molecule has 0 radical (unpaired) electrons. The molecule has 2 aromatic rings. The van der Waals surface area contributed by atoms with Crippen LogP contribution in [0, 0.1) is 0 Å². The number of benzene rings is 1. The fraction of sp³-hybridized carbons (Fsp3) is 0.444. The monoisotopic (exact) mass is 283 g/mol. The van der Waals surface area contributed by atoms with Gasteiger partial charge in [0, 0.05) is 5.56 Å². The molecule has 0 saturated heterocycles. The second-order valence-corrected chi connectivity index (χ2v) is 5.54. The molecule has 2 rings (SSSR count). The van der Waals surface area contributed by atoms with Gasteiger partial charge in [-0.2, -0.15) is 0 Å². The summed E-state index contributed by atoms with van der Waals surface area (Å²) in [7, 11) is 0. The van der Waals surface area contributed by atoms with Crippen molar-refractivity contribution in [1.29, 1.82) is 0 Å². The van der Waals surface area contributed by atoms with Gasteiger partial charge in [0.05, 0.1) is 18.1 Å². The van der Waals surface area contributed by atoms with Crippen molar-refractivity contribution in [1.82, 2.24) is 9.97 Å². The van der Waals surface area contributed by atoms with Crippen LogP contribution >= 0.6 is 0 Å². The zero-order valence-electron chi connectivity index (χ0n) is 12.9. The van der Waals surface area contributed by atoms with E-state index in [0.717, 1.165) is 11.3 Å². The second-order valence-electron chi connectivity index (χ2n) is 5.54. The van der Waals surface area contributed by atoms with Crippen LogP contribution in [0.4, 0.5) is 5.82 Å². The number of hydrogen-bond acceptors (Lipinski definition) is 3. The first-order chi connectivity index (χ1) is 10.3. The van der Waals surface area contributed by atoms with Crippen LogP contribution in [0.2, 0.25) is 0 Å². The Kier molecular flexibility index (Phi) is 6.20. The number of nitrogen functional groups attached to an aromatic ring is 1. The van der Waals surface area contributed by atoms with E-state index in [1.807, 2.05) is 0 Å². The summed E-state index contributed by atoms with van der Waals surface area (Å²) in [5.41, 5.74) is 8.92. The molecule has 0 amide bonds. The van der Waals surface area contributed by atoms with E-state index in [0.29, 0.717) is 5.82 Å². The Bertz CT molecular complexity index is 517. The highest BCUT2D eigenvalue weighted by atomic mass is 14.9. The summed E-state index contributed by atoms with van der Waals surface area (Å²) < 4.78 is 0. The van der Waals surface area contributed by atoms with Crippen molar-refractivity contribution < 1.29 is 0 Å². The molecule has 0 saturated carbocycles. The van der Waals surface area contributed by atoms with Crippen molar-refractivity contribution in [3.63, 3.8) is 0 Å². The molecule has 0 atom stereocenters. The summed E-state index contributed by atoms with van der Waals surface area (Å²) in [6.45, 7) is 2.26. The molecule has 3 heteroatoms. The topological polar surface area (TPSA) is 51.8 Å². The van der Waals surface area contributed by atoms with Crippen LogP contribution in [0.15, 0.2) is 36.7 Å². The average Bonchev–Trinajstić information content (AvgIpc) is 2.52. The van der Waals surface area contributed by atoms with Crippen molar-refractivity contribution >= 4 is 5.82 Å². The van der Waals surface area contributed by atoms with Gasteiger partial charge in [-0.15, -0.1) is 0 Å². The first-order valence-electron chi connectivity index (χ1n) is 7.96. The van der Waals surface area contributed by atoms with Gasteiger partial charge in [-0.25, -0.2) is 4.98 Å². The zero-order chi connectivity index (χ0) is 14.9. The van der Waals surface area contributed by atoms with Gasteiger partial charge in [-0.1, -0.05) is 63.3 Å². The van der Waals surface area contributed by atoms with Crippen LogP contribution < -0.4 is 5.73 Å². The maximum Gasteiger partial charge on any atom is 0.141 e. The predicted octanol–water partition coefficient (Wildman–Crippen LogP) is 4.63. The third-order valence-electron chi connectivity index (χ3n) is 3.74. The lowest BCUT2D eigenvalue weighted by molar-refractivity contribution is 0.607. The molecule has 112 valence electrons. The van der Waals surface area contributed by atoms with Crippen LogP contribution in [0.3, 0.4) is 0 Å². The van der Waals surface area contributed by atoms with Crippen molar-refractivity contribution in [3.05, 3.63) is 42.2 Å². The molecule has 1 aromatic heterocycles. The van der Waals surface area contributed by atoms with Gasteiger partial charge in [0.25, 0.3) is 0 Å². The van der Waals surface area contributed by atoms with Gasteiger partial charge in [0.2, 0.25) is 0 Å². The number of anilines is 1. The molecule has 0 spiro atoms. The van der Waals surface area contributed by atoms with E-state index < -0.39 is 0 Å². The van der Waals surface area contributed by atoms with Gasteiger partial charge in [-0.05, 0) is 18.4 Å². The first-order valence-corrected chi connectivity index (χ1v) is 7.96. The normalized spacial score (nSPS) is 10.7. The maximum atomic E-state index is 5.55. The van der Waals surface area contributed by atoms with Crippen LogP contribution in [-0.4, -0.2) is 9.97 Å². The van der Waals surface area contributed by atoms with E-state index >= 15 is 0 Å². The second kappa shape index (κ2) is 8.40.